The Balaban J connectivity index is 2.40. The Kier molecular flexibility index (Phi) is 14.4. The molecule has 6 nitrogen and oxygen atoms in total. The van der Waals surface area contributed by atoms with Crippen molar-refractivity contribution in [2.45, 2.75) is 122 Å². The highest BCUT2D eigenvalue weighted by Crippen LogP contribution is 2.25. The van der Waals surface area contributed by atoms with Crippen LogP contribution in [0.25, 0.3) is 0 Å². The number of unbranched alkanes of at least 4 members (excludes halogenated alkanes) is 8. The van der Waals surface area contributed by atoms with Crippen LogP contribution in [0.4, 0.5) is 0 Å². The second-order valence-electron chi connectivity index (χ2n) is 8.30. The highest BCUT2D eigenvalue weighted by Gasteiger charge is 2.44. The van der Waals surface area contributed by atoms with Gasteiger partial charge in [0.1, 0.15) is 24.4 Å². The molecule has 0 bridgehead atoms. The van der Waals surface area contributed by atoms with Gasteiger partial charge in [0.2, 0.25) is 0 Å². The second-order valence-corrected chi connectivity index (χ2v) is 8.30. The van der Waals surface area contributed by atoms with Gasteiger partial charge in [0.25, 0.3) is 0 Å². The lowest BCUT2D eigenvalue weighted by atomic mass is 9.95. The van der Waals surface area contributed by atoms with Gasteiger partial charge in [0.15, 0.2) is 6.29 Å². The van der Waals surface area contributed by atoms with Crippen molar-refractivity contribution in [1.29, 1.82) is 0 Å². The Morgan fingerprint density at radius 2 is 1.29 bits per heavy atom. The molecule has 0 spiro atoms. The second kappa shape index (κ2) is 15.6. The molecular formula is C22H44O6. The van der Waals surface area contributed by atoms with E-state index in [0.717, 1.165) is 19.3 Å². The third-order valence-corrected chi connectivity index (χ3v) is 5.78. The average molecular weight is 405 g/mol. The number of rotatable bonds is 16. The van der Waals surface area contributed by atoms with Gasteiger partial charge >= 0.3 is 0 Å². The molecule has 0 aromatic carbocycles. The molecule has 1 aliphatic rings. The smallest absolute Gasteiger partial charge is 0.186 e. The molecule has 4 N–H and O–H groups in total. The number of aliphatic hydroxyl groups is 4. The number of aliphatic hydroxyl groups excluding tert-OH is 4. The van der Waals surface area contributed by atoms with Crippen LogP contribution >= 0.6 is 0 Å². The van der Waals surface area contributed by atoms with Crippen molar-refractivity contribution in [3.8, 4) is 0 Å². The van der Waals surface area contributed by atoms with E-state index in [1.54, 1.807) is 0 Å². The van der Waals surface area contributed by atoms with Crippen molar-refractivity contribution in [3.63, 3.8) is 0 Å². The summed E-state index contributed by atoms with van der Waals surface area (Å²) in [4.78, 5) is 0. The summed E-state index contributed by atoms with van der Waals surface area (Å²) in [6, 6.07) is 0. The Morgan fingerprint density at radius 1 is 0.750 bits per heavy atom. The fourth-order valence-electron chi connectivity index (χ4n) is 3.82. The van der Waals surface area contributed by atoms with E-state index in [-0.39, 0.29) is 0 Å². The molecule has 0 aromatic heterocycles. The molecule has 1 aliphatic heterocycles. The number of hydrogen-bond donors (Lipinski definition) is 4. The van der Waals surface area contributed by atoms with E-state index in [1.807, 2.05) is 0 Å². The molecule has 0 aromatic rings. The lowest BCUT2D eigenvalue weighted by molar-refractivity contribution is -0.303. The number of ether oxygens (including phenoxy) is 2. The summed E-state index contributed by atoms with van der Waals surface area (Å²) in [5.41, 5.74) is 0. The fraction of sp³-hybridized carbons (Fsp3) is 1.00. The van der Waals surface area contributed by atoms with Crippen LogP contribution < -0.4 is 0 Å². The summed E-state index contributed by atoms with van der Waals surface area (Å²) in [5, 5.41) is 39.2. The Labute approximate surface area is 171 Å². The maximum Gasteiger partial charge on any atom is 0.186 e. The van der Waals surface area contributed by atoms with Crippen molar-refractivity contribution in [2.75, 3.05) is 13.2 Å². The van der Waals surface area contributed by atoms with Crippen molar-refractivity contribution in [3.05, 3.63) is 0 Å². The van der Waals surface area contributed by atoms with Gasteiger partial charge in [-0.25, -0.2) is 0 Å². The van der Waals surface area contributed by atoms with Crippen molar-refractivity contribution < 1.29 is 29.9 Å². The van der Waals surface area contributed by atoms with Gasteiger partial charge in [-0.1, -0.05) is 78.1 Å². The summed E-state index contributed by atoms with van der Waals surface area (Å²) in [6.07, 6.45) is 8.72. The molecule has 0 saturated carbocycles. The van der Waals surface area contributed by atoms with Crippen molar-refractivity contribution in [1.82, 2.24) is 0 Å². The lowest BCUT2D eigenvalue weighted by Crippen LogP contribution is -2.59. The quantitative estimate of drug-likeness (QED) is 0.295. The fourth-order valence-corrected chi connectivity index (χ4v) is 3.82. The predicted octanol–water partition coefficient (Wildman–Crippen LogP) is 3.14. The van der Waals surface area contributed by atoms with Gasteiger partial charge in [-0.05, 0) is 18.8 Å². The molecule has 1 rings (SSSR count). The number of hydrogen-bond acceptors (Lipinski definition) is 6. The minimum absolute atomic E-state index is 0.398. The molecule has 0 amide bonds. The van der Waals surface area contributed by atoms with Gasteiger partial charge in [0, 0.05) is 0 Å². The van der Waals surface area contributed by atoms with E-state index in [9.17, 15) is 20.4 Å². The van der Waals surface area contributed by atoms with E-state index >= 15 is 0 Å². The average Bonchev–Trinajstić information content (AvgIpc) is 2.70. The first-order valence-electron chi connectivity index (χ1n) is 11.5. The van der Waals surface area contributed by atoms with Crippen LogP contribution in [0, 0.1) is 5.92 Å². The Morgan fingerprint density at radius 3 is 1.89 bits per heavy atom. The standard InChI is InChI=1S/C22H44O6/c1-3-5-7-8-9-10-12-14-17(13-11-6-4-2)16-27-22-21(26)20(25)19(24)18(15-23)28-22/h17-26H,3-16H2,1-2H3/t17?,18-,19-,20+,21-,22?/m1/s1. The van der Waals surface area contributed by atoms with Gasteiger partial charge in [-0.15, -0.1) is 0 Å². The van der Waals surface area contributed by atoms with Crippen LogP contribution in [0.3, 0.4) is 0 Å². The topological polar surface area (TPSA) is 99.4 Å². The first-order chi connectivity index (χ1) is 13.5. The highest BCUT2D eigenvalue weighted by atomic mass is 16.7. The zero-order valence-electron chi connectivity index (χ0n) is 18.0. The van der Waals surface area contributed by atoms with E-state index in [0.29, 0.717) is 12.5 Å². The summed E-state index contributed by atoms with van der Waals surface area (Å²) >= 11 is 0. The molecule has 1 saturated heterocycles. The molecule has 6 heteroatoms. The van der Waals surface area contributed by atoms with E-state index in [2.05, 4.69) is 13.8 Å². The predicted molar refractivity (Wildman–Crippen MR) is 110 cm³/mol. The summed E-state index contributed by atoms with van der Waals surface area (Å²) in [5.74, 6) is 0.398. The normalized spacial score (nSPS) is 29.1. The Bertz CT molecular complexity index is 365. The first kappa shape index (κ1) is 25.8. The molecule has 168 valence electrons. The maximum atomic E-state index is 10.1. The lowest BCUT2D eigenvalue weighted by Gasteiger charge is -2.40. The summed E-state index contributed by atoms with van der Waals surface area (Å²) in [6.45, 7) is 4.46. The van der Waals surface area contributed by atoms with Crippen molar-refractivity contribution >= 4 is 0 Å². The van der Waals surface area contributed by atoms with Crippen LogP contribution in [-0.4, -0.2) is 64.3 Å². The Hall–Kier alpha value is -0.240. The van der Waals surface area contributed by atoms with Crippen LogP contribution in [0.1, 0.15) is 90.9 Å². The molecule has 2 unspecified atom stereocenters. The largest absolute Gasteiger partial charge is 0.394 e. The first-order valence-corrected chi connectivity index (χ1v) is 11.5. The molecule has 1 fully saturated rings. The van der Waals surface area contributed by atoms with Crippen LogP contribution in [0.15, 0.2) is 0 Å². The van der Waals surface area contributed by atoms with E-state index in [1.165, 1.54) is 57.8 Å². The summed E-state index contributed by atoms with van der Waals surface area (Å²) < 4.78 is 11.2. The van der Waals surface area contributed by atoms with Crippen LogP contribution in [-0.2, 0) is 9.47 Å². The third-order valence-electron chi connectivity index (χ3n) is 5.78. The van der Waals surface area contributed by atoms with Crippen molar-refractivity contribution in [2.24, 2.45) is 5.92 Å². The summed E-state index contributed by atoms with van der Waals surface area (Å²) in [7, 11) is 0. The van der Waals surface area contributed by atoms with Gasteiger partial charge < -0.3 is 29.9 Å². The zero-order chi connectivity index (χ0) is 20.8. The molecule has 1 heterocycles. The minimum atomic E-state index is -1.38. The molecule has 6 atom stereocenters. The van der Waals surface area contributed by atoms with Gasteiger partial charge in [-0.2, -0.15) is 0 Å². The minimum Gasteiger partial charge on any atom is -0.394 e. The monoisotopic (exact) mass is 404 g/mol. The SMILES string of the molecule is CCCCCCCCCC(CCCCC)COC1O[C@H](CO)[C@@H](O)[C@H](O)[C@H]1O. The maximum absolute atomic E-state index is 10.1. The van der Waals surface area contributed by atoms with Gasteiger partial charge in [0.05, 0.1) is 13.2 Å². The van der Waals surface area contributed by atoms with Gasteiger partial charge in [-0.3, -0.25) is 0 Å². The molecule has 0 radical (unpaired) electrons. The van der Waals surface area contributed by atoms with Crippen LogP contribution in [0.2, 0.25) is 0 Å². The highest BCUT2D eigenvalue weighted by molar-refractivity contribution is 4.88. The molecular weight excluding hydrogens is 360 g/mol. The molecule has 28 heavy (non-hydrogen) atoms. The van der Waals surface area contributed by atoms with E-state index in [4.69, 9.17) is 9.47 Å². The van der Waals surface area contributed by atoms with E-state index < -0.39 is 37.3 Å². The zero-order valence-corrected chi connectivity index (χ0v) is 18.0. The van der Waals surface area contributed by atoms with Crippen LogP contribution in [0.5, 0.6) is 0 Å². The molecule has 0 aliphatic carbocycles. The third kappa shape index (κ3) is 9.51.